The van der Waals surface area contributed by atoms with Gasteiger partial charge in [0.15, 0.2) is 0 Å². The lowest BCUT2D eigenvalue weighted by Crippen LogP contribution is -2.15. The summed E-state index contributed by atoms with van der Waals surface area (Å²) in [7, 11) is 0. The maximum absolute atomic E-state index is 8.01. The summed E-state index contributed by atoms with van der Waals surface area (Å²) >= 11 is 0. The molecule has 0 aliphatic rings. The Bertz CT molecular complexity index is 507. The minimum Gasteiger partial charge on any atom is -0.304 e. The van der Waals surface area contributed by atoms with Gasteiger partial charge < -0.3 is 10.8 Å². The van der Waals surface area contributed by atoms with Crippen LogP contribution in [0.25, 0.3) is 6.08 Å². The van der Waals surface area contributed by atoms with Gasteiger partial charge in [-0.3, -0.25) is 0 Å². The first-order valence-electron chi connectivity index (χ1n) is 7.20. The maximum Gasteiger partial charge on any atom is 0.0562 e. The quantitative estimate of drug-likeness (QED) is 0.669. The molecule has 0 saturated carbocycles. The molecule has 0 radical (unpaired) electrons. The summed E-state index contributed by atoms with van der Waals surface area (Å²) in [5.74, 6) is 0.808. The summed E-state index contributed by atoms with van der Waals surface area (Å²) in [5, 5.41) is 15.7. The van der Waals surface area contributed by atoms with Crippen molar-refractivity contribution in [3.63, 3.8) is 0 Å². The zero-order valence-corrected chi connectivity index (χ0v) is 13.3. The molecule has 2 nitrogen and oxygen atoms in total. The number of nitrogens with one attached hydrogen (secondary N) is 2. The Morgan fingerprint density at radius 2 is 1.55 bits per heavy atom. The lowest BCUT2D eigenvalue weighted by molar-refractivity contribution is 0.810. The summed E-state index contributed by atoms with van der Waals surface area (Å²) in [6.45, 7) is 14.3. The van der Waals surface area contributed by atoms with E-state index in [4.69, 9.17) is 10.8 Å². The van der Waals surface area contributed by atoms with Crippen LogP contribution < -0.4 is 0 Å². The fourth-order valence-corrected chi connectivity index (χ4v) is 2.40. The van der Waals surface area contributed by atoms with Gasteiger partial charge in [-0.25, -0.2) is 0 Å². The van der Waals surface area contributed by atoms with Crippen molar-refractivity contribution in [2.45, 2.75) is 52.9 Å². The molecule has 0 heterocycles. The summed E-state index contributed by atoms with van der Waals surface area (Å²) in [6, 6.07) is 4.34. The van der Waals surface area contributed by atoms with Crippen molar-refractivity contribution in [3.8, 4) is 0 Å². The van der Waals surface area contributed by atoms with E-state index in [1.807, 2.05) is 6.08 Å². The number of benzene rings is 1. The molecule has 108 valence electrons. The first kappa shape index (κ1) is 16.4. The van der Waals surface area contributed by atoms with E-state index in [1.54, 1.807) is 6.92 Å². The fraction of sp³-hybridized carbons (Fsp3) is 0.444. The Labute approximate surface area is 122 Å². The van der Waals surface area contributed by atoms with Crippen molar-refractivity contribution in [1.82, 2.24) is 0 Å². The Morgan fingerprint density at radius 3 is 1.85 bits per heavy atom. The van der Waals surface area contributed by atoms with Crippen LogP contribution in [0.15, 0.2) is 18.7 Å². The number of rotatable bonds is 6. The van der Waals surface area contributed by atoms with Crippen LogP contribution in [0.2, 0.25) is 0 Å². The van der Waals surface area contributed by atoms with Crippen molar-refractivity contribution >= 4 is 17.5 Å². The Morgan fingerprint density at radius 1 is 1.10 bits per heavy atom. The topological polar surface area (TPSA) is 47.7 Å². The first-order valence-corrected chi connectivity index (χ1v) is 7.20. The second-order valence-electron chi connectivity index (χ2n) is 5.97. The average molecular weight is 270 g/mol. The molecule has 0 aliphatic heterocycles. The van der Waals surface area contributed by atoms with E-state index in [1.165, 1.54) is 16.7 Å². The van der Waals surface area contributed by atoms with Crippen molar-refractivity contribution in [1.29, 1.82) is 10.8 Å². The van der Waals surface area contributed by atoms with E-state index >= 15 is 0 Å². The molecule has 1 aromatic rings. The smallest absolute Gasteiger partial charge is 0.0562 e. The highest BCUT2D eigenvalue weighted by Crippen LogP contribution is 2.30. The lowest BCUT2D eigenvalue weighted by Gasteiger charge is -2.21. The molecular weight excluding hydrogens is 244 g/mol. The zero-order chi connectivity index (χ0) is 15.4. The molecule has 0 saturated heterocycles. The predicted molar refractivity (Wildman–Crippen MR) is 89.5 cm³/mol. The molecule has 20 heavy (non-hydrogen) atoms. The largest absolute Gasteiger partial charge is 0.304 e. The number of hydrogen-bond donors (Lipinski definition) is 2. The second-order valence-corrected chi connectivity index (χ2v) is 5.97. The third-order valence-electron chi connectivity index (χ3n) is 3.63. The minimum atomic E-state index is 0.349. The molecule has 0 aliphatic carbocycles. The average Bonchev–Trinajstić information content (AvgIpc) is 2.37. The molecule has 1 rings (SSSR count). The van der Waals surface area contributed by atoms with Crippen LogP contribution in [0.1, 0.15) is 68.7 Å². The van der Waals surface area contributed by atoms with Gasteiger partial charge in [-0.2, -0.15) is 0 Å². The van der Waals surface area contributed by atoms with Gasteiger partial charge in [-0.05, 0) is 41.0 Å². The van der Waals surface area contributed by atoms with Crippen LogP contribution in [0.4, 0.5) is 0 Å². The zero-order valence-electron chi connectivity index (χ0n) is 13.3. The second kappa shape index (κ2) is 6.65. The van der Waals surface area contributed by atoms with E-state index in [-0.39, 0.29) is 0 Å². The van der Waals surface area contributed by atoms with Gasteiger partial charge in [0.2, 0.25) is 0 Å². The van der Waals surface area contributed by atoms with Crippen LogP contribution in [0.3, 0.4) is 0 Å². The standard InChI is InChI=1S/C18H26N2/c1-7-14-8-15(11(2)3)17(10-18(20)13(6)19)16(9-14)12(4)5/h7-9,11-12,19-20H,1,10H2,2-6H3. The SMILES string of the molecule is C=Cc1cc(C(C)C)c(CC(=N)C(C)=N)c(C(C)C)c1. The molecule has 0 atom stereocenters. The highest BCUT2D eigenvalue weighted by Gasteiger charge is 2.17. The first-order chi connectivity index (χ1) is 9.27. The summed E-state index contributed by atoms with van der Waals surface area (Å²) in [5.41, 5.74) is 5.66. The summed E-state index contributed by atoms with van der Waals surface area (Å²) in [4.78, 5) is 0. The van der Waals surface area contributed by atoms with E-state index in [9.17, 15) is 0 Å². The Balaban J connectivity index is 3.47. The van der Waals surface area contributed by atoms with Gasteiger partial charge in [-0.15, -0.1) is 0 Å². The summed E-state index contributed by atoms with van der Waals surface area (Å²) in [6.07, 6.45) is 2.43. The van der Waals surface area contributed by atoms with Crippen LogP contribution >= 0.6 is 0 Å². The normalized spacial score (nSPS) is 10.9. The Kier molecular flexibility index (Phi) is 5.43. The van der Waals surface area contributed by atoms with E-state index in [2.05, 4.69) is 46.4 Å². The summed E-state index contributed by atoms with van der Waals surface area (Å²) < 4.78 is 0. The van der Waals surface area contributed by atoms with E-state index in [0.29, 0.717) is 29.7 Å². The lowest BCUT2D eigenvalue weighted by atomic mass is 9.84. The molecule has 1 aromatic carbocycles. The maximum atomic E-state index is 8.01. The molecule has 0 unspecified atom stereocenters. The monoisotopic (exact) mass is 270 g/mol. The van der Waals surface area contributed by atoms with E-state index in [0.717, 1.165) is 5.56 Å². The van der Waals surface area contributed by atoms with Crippen molar-refractivity contribution in [2.75, 3.05) is 0 Å². The van der Waals surface area contributed by atoms with Crippen molar-refractivity contribution < 1.29 is 0 Å². The van der Waals surface area contributed by atoms with Crippen LogP contribution in [0.5, 0.6) is 0 Å². The number of hydrogen-bond acceptors (Lipinski definition) is 2. The molecule has 0 amide bonds. The van der Waals surface area contributed by atoms with Gasteiger partial charge in [-0.1, -0.05) is 52.5 Å². The third-order valence-corrected chi connectivity index (χ3v) is 3.63. The molecule has 2 heteroatoms. The molecule has 0 fully saturated rings. The van der Waals surface area contributed by atoms with Gasteiger partial charge in [0.05, 0.1) is 5.71 Å². The van der Waals surface area contributed by atoms with Gasteiger partial charge in [0.25, 0.3) is 0 Å². The molecule has 0 bridgehead atoms. The van der Waals surface area contributed by atoms with Crippen LogP contribution in [-0.2, 0) is 6.42 Å². The molecule has 0 spiro atoms. The predicted octanol–water partition coefficient (Wildman–Crippen LogP) is 5.18. The van der Waals surface area contributed by atoms with Crippen LogP contribution in [0, 0.1) is 10.8 Å². The molecule has 0 aromatic heterocycles. The minimum absolute atomic E-state index is 0.349. The van der Waals surface area contributed by atoms with Crippen molar-refractivity contribution in [3.05, 3.63) is 41.0 Å². The highest BCUT2D eigenvalue weighted by atomic mass is 14.5. The third kappa shape index (κ3) is 3.66. The van der Waals surface area contributed by atoms with E-state index < -0.39 is 0 Å². The highest BCUT2D eigenvalue weighted by molar-refractivity contribution is 6.39. The molecular formula is C18H26N2. The van der Waals surface area contributed by atoms with Gasteiger partial charge in [0.1, 0.15) is 0 Å². The van der Waals surface area contributed by atoms with Crippen molar-refractivity contribution in [2.24, 2.45) is 0 Å². The van der Waals surface area contributed by atoms with Gasteiger partial charge >= 0.3 is 0 Å². The van der Waals surface area contributed by atoms with Crippen LogP contribution in [-0.4, -0.2) is 11.4 Å². The fourth-order valence-electron chi connectivity index (χ4n) is 2.40. The Hall–Kier alpha value is -1.70. The molecule has 2 N–H and O–H groups in total. The van der Waals surface area contributed by atoms with Gasteiger partial charge in [0, 0.05) is 12.1 Å².